The smallest absolute Gasteiger partial charge is 0.155 e. The van der Waals surface area contributed by atoms with Crippen LogP contribution in [0.25, 0.3) is 10.9 Å². The molecule has 1 aromatic heterocycles. The lowest BCUT2D eigenvalue weighted by atomic mass is 10.0. The number of anilines is 1. The number of hydrogen-bond donors (Lipinski definition) is 3. The fourth-order valence-corrected chi connectivity index (χ4v) is 3.12. The fourth-order valence-electron chi connectivity index (χ4n) is 3.12. The van der Waals surface area contributed by atoms with Crippen LogP contribution in [0.1, 0.15) is 32.6 Å². The Morgan fingerprint density at radius 2 is 2.33 bits per heavy atom. The van der Waals surface area contributed by atoms with E-state index in [-0.39, 0.29) is 5.75 Å². The van der Waals surface area contributed by atoms with Crippen LogP contribution < -0.4 is 5.32 Å². The highest BCUT2D eigenvalue weighted by Gasteiger charge is 2.17. The van der Waals surface area contributed by atoms with Crippen molar-refractivity contribution >= 4 is 16.7 Å². The monoisotopic (exact) mass is 288 g/mol. The Kier molecular flexibility index (Phi) is 4.29. The molecule has 1 fully saturated rings. The van der Waals surface area contributed by atoms with Crippen LogP contribution >= 0.6 is 0 Å². The molecule has 0 saturated carbocycles. The van der Waals surface area contributed by atoms with Gasteiger partial charge in [0.2, 0.25) is 0 Å². The molecule has 0 amide bonds. The molecule has 2 aromatic rings. The predicted molar refractivity (Wildman–Crippen MR) is 85.8 cm³/mol. The summed E-state index contributed by atoms with van der Waals surface area (Å²) in [7, 11) is 0. The van der Waals surface area contributed by atoms with Gasteiger partial charge in [0, 0.05) is 24.5 Å². The number of phenolic OH excluding ortho intramolecular Hbond substituents is 1. The standard InChI is InChI=1S/C16H24N4O/c1-12-5-2-3-9-20(12)10-4-8-17-16-14-11-13(21)6-7-15(14)18-19-16/h6-7,11-12,21H,2-5,8-10H2,1H3,(H2,17,18,19). The van der Waals surface area contributed by atoms with Crippen molar-refractivity contribution in [3.05, 3.63) is 18.2 Å². The van der Waals surface area contributed by atoms with E-state index in [4.69, 9.17) is 0 Å². The van der Waals surface area contributed by atoms with E-state index in [2.05, 4.69) is 27.3 Å². The summed E-state index contributed by atoms with van der Waals surface area (Å²) < 4.78 is 0. The van der Waals surface area contributed by atoms with Gasteiger partial charge >= 0.3 is 0 Å². The Morgan fingerprint density at radius 1 is 1.43 bits per heavy atom. The average molecular weight is 288 g/mol. The highest BCUT2D eigenvalue weighted by atomic mass is 16.3. The fraction of sp³-hybridized carbons (Fsp3) is 0.562. The summed E-state index contributed by atoms with van der Waals surface area (Å²) in [5.74, 6) is 1.10. The maximum atomic E-state index is 9.57. The summed E-state index contributed by atoms with van der Waals surface area (Å²) in [5.41, 5.74) is 0.944. The Bertz CT molecular complexity index is 595. The lowest BCUT2D eigenvalue weighted by Gasteiger charge is -2.33. The molecule has 3 rings (SSSR count). The zero-order chi connectivity index (χ0) is 14.7. The number of aromatic amines is 1. The molecule has 0 spiro atoms. The zero-order valence-electron chi connectivity index (χ0n) is 12.6. The molecule has 5 nitrogen and oxygen atoms in total. The van der Waals surface area contributed by atoms with Crippen LogP contribution in [0.2, 0.25) is 0 Å². The summed E-state index contributed by atoms with van der Waals surface area (Å²) in [6.07, 6.45) is 5.15. The maximum Gasteiger partial charge on any atom is 0.155 e. The van der Waals surface area contributed by atoms with Gasteiger partial charge in [-0.2, -0.15) is 5.10 Å². The molecule has 0 radical (unpaired) electrons. The quantitative estimate of drug-likeness (QED) is 0.740. The molecule has 21 heavy (non-hydrogen) atoms. The minimum absolute atomic E-state index is 0.272. The molecular weight excluding hydrogens is 264 g/mol. The highest BCUT2D eigenvalue weighted by molar-refractivity contribution is 5.90. The van der Waals surface area contributed by atoms with Gasteiger partial charge in [-0.15, -0.1) is 0 Å². The van der Waals surface area contributed by atoms with Crippen molar-refractivity contribution < 1.29 is 5.11 Å². The number of aromatic nitrogens is 2. The van der Waals surface area contributed by atoms with Gasteiger partial charge in [0.15, 0.2) is 5.82 Å². The second kappa shape index (κ2) is 6.35. The average Bonchev–Trinajstić information content (AvgIpc) is 2.88. The third-order valence-corrected chi connectivity index (χ3v) is 4.40. The molecule has 1 aliphatic heterocycles. The first-order valence-corrected chi connectivity index (χ1v) is 7.89. The van der Waals surface area contributed by atoms with Crippen molar-refractivity contribution in [1.29, 1.82) is 0 Å². The number of hydrogen-bond acceptors (Lipinski definition) is 4. The van der Waals surface area contributed by atoms with Crippen LogP contribution in [0.15, 0.2) is 18.2 Å². The van der Waals surface area contributed by atoms with E-state index >= 15 is 0 Å². The van der Waals surface area contributed by atoms with Crippen LogP contribution in [0.3, 0.4) is 0 Å². The van der Waals surface area contributed by atoms with Crippen LogP contribution in [0.5, 0.6) is 5.75 Å². The molecule has 0 bridgehead atoms. The third-order valence-electron chi connectivity index (χ3n) is 4.40. The van der Waals surface area contributed by atoms with Gasteiger partial charge in [0.25, 0.3) is 0 Å². The van der Waals surface area contributed by atoms with Gasteiger partial charge in [-0.1, -0.05) is 6.42 Å². The number of aromatic hydroxyl groups is 1. The van der Waals surface area contributed by atoms with Crippen molar-refractivity contribution in [3.63, 3.8) is 0 Å². The summed E-state index contributed by atoms with van der Waals surface area (Å²) in [5, 5.41) is 21.1. The summed E-state index contributed by atoms with van der Waals surface area (Å²) in [6.45, 7) is 5.61. The van der Waals surface area contributed by atoms with E-state index in [9.17, 15) is 5.11 Å². The third kappa shape index (κ3) is 3.29. The molecule has 0 aliphatic carbocycles. The summed E-state index contributed by atoms with van der Waals surface area (Å²) in [4.78, 5) is 2.58. The molecule has 3 N–H and O–H groups in total. The van der Waals surface area contributed by atoms with Gasteiger partial charge in [0.05, 0.1) is 5.52 Å². The normalized spacial score (nSPS) is 20.0. The van der Waals surface area contributed by atoms with Crippen LogP contribution in [0, 0.1) is 0 Å². The molecule has 114 valence electrons. The Morgan fingerprint density at radius 3 is 3.19 bits per heavy atom. The minimum Gasteiger partial charge on any atom is -0.508 e. The zero-order valence-corrected chi connectivity index (χ0v) is 12.6. The number of H-pyrrole nitrogens is 1. The molecule has 2 heterocycles. The van der Waals surface area contributed by atoms with Gasteiger partial charge in [0.1, 0.15) is 5.75 Å². The number of nitrogens with zero attached hydrogens (tertiary/aromatic N) is 2. The van der Waals surface area contributed by atoms with Crippen molar-refractivity contribution in [2.75, 3.05) is 25.0 Å². The van der Waals surface area contributed by atoms with E-state index in [1.807, 2.05) is 6.07 Å². The van der Waals surface area contributed by atoms with Crippen LogP contribution in [-0.4, -0.2) is 45.9 Å². The number of benzene rings is 1. The van der Waals surface area contributed by atoms with E-state index in [1.54, 1.807) is 12.1 Å². The number of rotatable bonds is 5. The number of nitrogens with one attached hydrogen (secondary N) is 2. The molecule has 1 atom stereocenters. The summed E-state index contributed by atoms with van der Waals surface area (Å²) in [6, 6.07) is 5.98. The lowest BCUT2D eigenvalue weighted by Crippen LogP contribution is -2.38. The largest absolute Gasteiger partial charge is 0.508 e. The Hall–Kier alpha value is -1.75. The molecule has 1 unspecified atom stereocenters. The first-order valence-electron chi connectivity index (χ1n) is 7.89. The minimum atomic E-state index is 0.272. The second-order valence-electron chi connectivity index (χ2n) is 5.96. The Balaban J connectivity index is 1.51. The molecule has 5 heteroatoms. The topological polar surface area (TPSA) is 64.2 Å². The van der Waals surface area contributed by atoms with Crippen molar-refractivity contribution in [2.24, 2.45) is 0 Å². The van der Waals surface area contributed by atoms with E-state index in [0.717, 1.165) is 42.3 Å². The second-order valence-corrected chi connectivity index (χ2v) is 5.96. The van der Waals surface area contributed by atoms with Crippen molar-refractivity contribution in [2.45, 2.75) is 38.6 Å². The van der Waals surface area contributed by atoms with E-state index in [1.165, 1.54) is 25.8 Å². The van der Waals surface area contributed by atoms with E-state index in [0.29, 0.717) is 0 Å². The summed E-state index contributed by atoms with van der Waals surface area (Å²) >= 11 is 0. The van der Waals surface area contributed by atoms with Gasteiger partial charge in [-0.25, -0.2) is 0 Å². The number of likely N-dealkylation sites (tertiary alicyclic amines) is 1. The predicted octanol–water partition coefficient (Wildman–Crippen LogP) is 2.94. The molecule has 1 aromatic carbocycles. The Labute approximate surface area is 125 Å². The van der Waals surface area contributed by atoms with Gasteiger partial charge in [-0.3, -0.25) is 5.10 Å². The van der Waals surface area contributed by atoms with Crippen LogP contribution in [-0.2, 0) is 0 Å². The maximum absolute atomic E-state index is 9.57. The number of phenols is 1. The van der Waals surface area contributed by atoms with E-state index < -0.39 is 0 Å². The number of fused-ring (bicyclic) bond motifs is 1. The lowest BCUT2D eigenvalue weighted by molar-refractivity contribution is 0.160. The van der Waals surface area contributed by atoms with Crippen LogP contribution in [0.4, 0.5) is 5.82 Å². The van der Waals surface area contributed by atoms with Crippen molar-refractivity contribution in [1.82, 2.24) is 15.1 Å². The van der Waals surface area contributed by atoms with Gasteiger partial charge < -0.3 is 15.3 Å². The molecular formula is C16H24N4O. The number of piperidine rings is 1. The van der Waals surface area contributed by atoms with Crippen molar-refractivity contribution in [3.8, 4) is 5.75 Å². The highest BCUT2D eigenvalue weighted by Crippen LogP contribution is 2.24. The molecule has 1 saturated heterocycles. The first-order chi connectivity index (χ1) is 10.2. The first kappa shape index (κ1) is 14.2. The van der Waals surface area contributed by atoms with Gasteiger partial charge in [-0.05, 0) is 50.9 Å². The SMILES string of the molecule is CC1CCCCN1CCCNc1n[nH]c2ccc(O)cc12. The molecule has 1 aliphatic rings.